The van der Waals surface area contributed by atoms with E-state index in [0.29, 0.717) is 18.1 Å². The van der Waals surface area contributed by atoms with Gasteiger partial charge in [0.15, 0.2) is 5.82 Å². The molecule has 1 saturated heterocycles. The highest BCUT2D eigenvalue weighted by Gasteiger charge is 2.32. The fourth-order valence-corrected chi connectivity index (χ4v) is 3.13. The molecule has 1 fully saturated rings. The average molecular weight is 357 g/mol. The van der Waals surface area contributed by atoms with Crippen molar-refractivity contribution in [1.29, 1.82) is 0 Å². The molecular formula is C17H23N7O2. The molecule has 1 aliphatic heterocycles. The summed E-state index contributed by atoms with van der Waals surface area (Å²) in [6.07, 6.45) is 0.109. The lowest BCUT2D eigenvalue weighted by Crippen LogP contribution is -2.58. The normalized spacial score (nSPS) is 18.0. The summed E-state index contributed by atoms with van der Waals surface area (Å²) in [5.74, 6) is 0.349. The van der Waals surface area contributed by atoms with Crippen LogP contribution < -0.4 is 10.6 Å². The van der Waals surface area contributed by atoms with Gasteiger partial charge in [-0.3, -0.25) is 14.5 Å². The van der Waals surface area contributed by atoms with Crippen LogP contribution in [0.4, 0.5) is 5.69 Å². The number of nitrogens with one attached hydrogen (secondary N) is 2. The number of aryl methyl sites for hydroxylation is 1. The van der Waals surface area contributed by atoms with Gasteiger partial charge in [-0.25, -0.2) is 0 Å². The number of nitrogens with zero attached hydrogens (tertiary/aromatic N) is 5. The van der Waals surface area contributed by atoms with E-state index in [1.54, 1.807) is 23.7 Å². The van der Waals surface area contributed by atoms with Crippen LogP contribution in [0.15, 0.2) is 24.3 Å². The first-order valence-electron chi connectivity index (χ1n) is 8.64. The van der Waals surface area contributed by atoms with Gasteiger partial charge in [-0.1, -0.05) is 6.07 Å². The summed E-state index contributed by atoms with van der Waals surface area (Å²) in [7, 11) is 0. The maximum atomic E-state index is 12.5. The number of benzene rings is 1. The van der Waals surface area contributed by atoms with Gasteiger partial charge in [0.05, 0.1) is 18.2 Å². The topological polar surface area (TPSA) is 105 Å². The van der Waals surface area contributed by atoms with E-state index in [4.69, 9.17) is 0 Å². The van der Waals surface area contributed by atoms with Crippen molar-refractivity contribution in [2.45, 2.75) is 39.3 Å². The molecule has 2 heterocycles. The van der Waals surface area contributed by atoms with E-state index in [1.807, 2.05) is 26.0 Å². The van der Waals surface area contributed by atoms with Crippen LogP contribution >= 0.6 is 0 Å². The number of amides is 2. The molecule has 2 aromatic rings. The van der Waals surface area contributed by atoms with Crippen molar-refractivity contribution >= 4 is 17.5 Å². The summed E-state index contributed by atoms with van der Waals surface area (Å²) in [6.45, 7) is 7.22. The predicted octanol–water partition coefficient (Wildman–Crippen LogP) is 0.508. The monoisotopic (exact) mass is 357 g/mol. The van der Waals surface area contributed by atoms with Crippen LogP contribution in [0.25, 0.3) is 5.69 Å². The Labute approximate surface area is 151 Å². The quantitative estimate of drug-likeness (QED) is 0.808. The van der Waals surface area contributed by atoms with Crippen molar-refractivity contribution < 1.29 is 9.59 Å². The van der Waals surface area contributed by atoms with E-state index in [0.717, 1.165) is 12.2 Å². The molecule has 9 heteroatoms. The second-order valence-corrected chi connectivity index (χ2v) is 6.58. The van der Waals surface area contributed by atoms with Gasteiger partial charge < -0.3 is 10.6 Å². The fourth-order valence-electron chi connectivity index (χ4n) is 3.13. The van der Waals surface area contributed by atoms with E-state index in [1.165, 1.54) is 0 Å². The Morgan fingerprint density at radius 2 is 2.23 bits per heavy atom. The molecule has 1 atom stereocenters. The molecule has 0 aliphatic carbocycles. The van der Waals surface area contributed by atoms with Crippen molar-refractivity contribution in [2.75, 3.05) is 18.4 Å². The number of aromatic nitrogens is 4. The molecule has 0 saturated carbocycles. The second kappa shape index (κ2) is 7.61. The highest BCUT2D eigenvalue weighted by atomic mass is 16.2. The summed E-state index contributed by atoms with van der Waals surface area (Å²) in [6, 6.07) is 7.01. The number of tetrazole rings is 1. The van der Waals surface area contributed by atoms with Crippen LogP contribution in [-0.2, 0) is 9.59 Å². The Hall–Kier alpha value is -2.81. The molecule has 3 rings (SSSR count). The molecule has 2 N–H and O–H groups in total. The number of hydrogen-bond acceptors (Lipinski definition) is 6. The third-order valence-corrected chi connectivity index (χ3v) is 4.41. The zero-order valence-corrected chi connectivity index (χ0v) is 15.1. The fraction of sp³-hybridized carbons (Fsp3) is 0.471. The van der Waals surface area contributed by atoms with E-state index < -0.39 is 6.04 Å². The Bertz CT molecular complexity index is 802. The molecule has 1 unspecified atom stereocenters. The smallest absolute Gasteiger partial charge is 0.237 e. The number of rotatable bonds is 5. The maximum Gasteiger partial charge on any atom is 0.237 e. The zero-order chi connectivity index (χ0) is 18.7. The minimum Gasteiger partial charge on any atom is -0.353 e. The van der Waals surface area contributed by atoms with Crippen LogP contribution in [0.2, 0.25) is 0 Å². The van der Waals surface area contributed by atoms with Crippen molar-refractivity contribution in [3.63, 3.8) is 0 Å². The van der Waals surface area contributed by atoms with Crippen molar-refractivity contribution in [3.05, 3.63) is 30.1 Å². The molecule has 1 aliphatic rings. The van der Waals surface area contributed by atoms with Gasteiger partial charge in [0, 0.05) is 24.8 Å². The first kappa shape index (κ1) is 18.0. The molecule has 9 nitrogen and oxygen atoms in total. The van der Waals surface area contributed by atoms with Crippen molar-refractivity contribution in [1.82, 2.24) is 30.4 Å². The highest BCUT2D eigenvalue weighted by Crippen LogP contribution is 2.17. The van der Waals surface area contributed by atoms with E-state index >= 15 is 0 Å². The molecule has 26 heavy (non-hydrogen) atoms. The Balaban J connectivity index is 1.70. The van der Waals surface area contributed by atoms with Gasteiger partial charge in [0.2, 0.25) is 11.8 Å². The first-order chi connectivity index (χ1) is 12.5. The second-order valence-electron chi connectivity index (χ2n) is 6.58. The molecule has 0 radical (unpaired) electrons. The number of piperazine rings is 1. The summed E-state index contributed by atoms with van der Waals surface area (Å²) >= 11 is 0. The lowest BCUT2D eigenvalue weighted by Gasteiger charge is -2.37. The van der Waals surface area contributed by atoms with Gasteiger partial charge in [-0.15, -0.1) is 5.10 Å². The largest absolute Gasteiger partial charge is 0.353 e. The lowest BCUT2D eigenvalue weighted by atomic mass is 10.1. The van der Waals surface area contributed by atoms with Gasteiger partial charge in [-0.2, -0.15) is 4.68 Å². The Morgan fingerprint density at radius 1 is 1.42 bits per heavy atom. The number of anilines is 1. The molecule has 2 amide bonds. The molecule has 138 valence electrons. The average Bonchev–Trinajstić information content (AvgIpc) is 3.02. The minimum atomic E-state index is -0.450. The zero-order valence-electron chi connectivity index (χ0n) is 15.1. The lowest BCUT2D eigenvalue weighted by molar-refractivity contribution is -0.133. The predicted molar refractivity (Wildman–Crippen MR) is 95.8 cm³/mol. The molecular weight excluding hydrogens is 334 g/mol. The van der Waals surface area contributed by atoms with Gasteiger partial charge in [0.25, 0.3) is 0 Å². The van der Waals surface area contributed by atoms with Crippen molar-refractivity contribution in [3.8, 4) is 5.69 Å². The maximum absolute atomic E-state index is 12.5. The van der Waals surface area contributed by atoms with Crippen LogP contribution in [0.3, 0.4) is 0 Å². The Morgan fingerprint density at radius 3 is 2.92 bits per heavy atom. The molecule has 0 bridgehead atoms. The van der Waals surface area contributed by atoms with Gasteiger partial charge >= 0.3 is 0 Å². The minimum absolute atomic E-state index is 0.0989. The first-order valence-corrected chi connectivity index (χ1v) is 8.64. The highest BCUT2D eigenvalue weighted by molar-refractivity contribution is 5.95. The summed E-state index contributed by atoms with van der Waals surface area (Å²) in [4.78, 5) is 26.7. The number of carbonyl (C=O) groups is 2. The summed E-state index contributed by atoms with van der Waals surface area (Å²) in [5, 5.41) is 17.1. The third-order valence-electron chi connectivity index (χ3n) is 4.41. The van der Waals surface area contributed by atoms with Crippen LogP contribution in [-0.4, -0.2) is 62.1 Å². The number of carbonyl (C=O) groups excluding carboxylic acids is 2. The van der Waals surface area contributed by atoms with Gasteiger partial charge in [-0.05, 0) is 49.4 Å². The van der Waals surface area contributed by atoms with E-state index in [-0.39, 0.29) is 24.3 Å². The molecule has 1 aromatic heterocycles. The summed E-state index contributed by atoms with van der Waals surface area (Å²) < 4.78 is 1.59. The molecule has 0 spiro atoms. The van der Waals surface area contributed by atoms with Gasteiger partial charge in [0.1, 0.15) is 0 Å². The third kappa shape index (κ3) is 3.88. The van der Waals surface area contributed by atoms with E-state index in [9.17, 15) is 9.59 Å². The van der Waals surface area contributed by atoms with Crippen LogP contribution in [0.1, 0.15) is 26.1 Å². The Kier molecular flexibility index (Phi) is 5.27. The number of hydrogen-bond donors (Lipinski definition) is 2. The van der Waals surface area contributed by atoms with Crippen LogP contribution in [0.5, 0.6) is 0 Å². The van der Waals surface area contributed by atoms with Crippen molar-refractivity contribution in [2.24, 2.45) is 0 Å². The van der Waals surface area contributed by atoms with E-state index in [2.05, 4.69) is 31.1 Å². The molecule has 1 aromatic carbocycles. The SMILES string of the molecule is Cc1nnnn1-c1cccc(NC(=O)CC2C(=O)NCCN2C(C)C)c1. The summed E-state index contributed by atoms with van der Waals surface area (Å²) in [5.41, 5.74) is 1.39. The van der Waals surface area contributed by atoms with Crippen LogP contribution in [0, 0.1) is 6.92 Å². The standard InChI is InChI=1S/C17H23N7O2/c1-11(2)23-8-7-18-17(26)15(23)10-16(25)19-13-5-4-6-14(9-13)24-12(3)20-21-22-24/h4-6,9,11,15H,7-8,10H2,1-3H3,(H,18,26)(H,19,25).